The third-order valence-electron chi connectivity index (χ3n) is 4.28. The number of aromatic hydroxyl groups is 2. The Morgan fingerprint density at radius 2 is 1.84 bits per heavy atom. The fraction of sp³-hybridized carbons (Fsp3) is 0.182. The lowest BCUT2D eigenvalue weighted by molar-refractivity contribution is -0.138. The van der Waals surface area contributed by atoms with E-state index < -0.39 is 5.97 Å². The summed E-state index contributed by atoms with van der Waals surface area (Å²) in [5.41, 5.74) is 0.874. The summed E-state index contributed by atoms with van der Waals surface area (Å²) >= 11 is 1.07. The second-order valence-corrected chi connectivity index (χ2v) is 7.29. The Morgan fingerprint density at radius 1 is 1.06 bits per heavy atom. The molecule has 3 rings (SSSR count). The first-order valence-electron chi connectivity index (χ1n) is 9.21. The van der Waals surface area contributed by atoms with Crippen LogP contribution in [0.4, 0.5) is 5.69 Å². The van der Waals surface area contributed by atoms with Gasteiger partial charge in [-0.15, -0.1) is 0 Å². The van der Waals surface area contributed by atoms with E-state index in [1.807, 2.05) is 0 Å². The molecule has 0 atom stereocenters. The minimum absolute atomic E-state index is 0.0704. The van der Waals surface area contributed by atoms with E-state index in [4.69, 9.17) is 14.2 Å². The number of nitrogens with zero attached hydrogens (tertiary/aromatic N) is 1. The van der Waals surface area contributed by atoms with E-state index in [1.54, 1.807) is 37.3 Å². The zero-order valence-corrected chi connectivity index (χ0v) is 17.9. The number of benzene rings is 2. The first-order valence-corrected chi connectivity index (χ1v) is 10.0. The molecular weight excluding hydrogens is 422 g/mol. The van der Waals surface area contributed by atoms with Crippen molar-refractivity contribution in [1.29, 1.82) is 0 Å². The van der Waals surface area contributed by atoms with Gasteiger partial charge in [0.05, 0.1) is 25.7 Å². The molecule has 3 N–H and O–H groups in total. The Bertz CT molecular complexity index is 1110. The van der Waals surface area contributed by atoms with Gasteiger partial charge in [0.2, 0.25) is 0 Å². The minimum atomic E-state index is -0.712. The highest BCUT2D eigenvalue weighted by atomic mass is 32.2. The summed E-state index contributed by atoms with van der Waals surface area (Å²) in [6, 6.07) is 9.24. The van der Waals surface area contributed by atoms with Crippen LogP contribution in [0.1, 0.15) is 12.5 Å². The van der Waals surface area contributed by atoms with Gasteiger partial charge in [-0.3, -0.25) is 0 Å². The molecule has 1 aliphatic rings. The van der Waals surface area contributed by atoms with Crippen molar-refractivity contribution in [2.75, 3.05) is 20.8 Å². The quantitative estimate of drug-likeness (QED) is 0.447. The topological polar surface area (TPSA) is 118 Å². The molecule has 1 heterocycles. The number of esters is 1. The largest absolute Gasteiger partial charge is 0.506 e. The standard InChI is InChI=1S/C22H21NO7S/c1-4-30-22(27)19-20(26)18(10-12-5-8-15(24)16(25)9-12)31-21(19)23-14-7-6-13(28-2)11-17(14)29-3/h5-11,24-26H,4H2,1-3H3/b18-10+,23-21?. The lowest BCUT2D eigenvalue weighted by Gasteiger charge is -2.08. The Labute approximate surface area is 183 Å². The van der Waals surface area contributed by atoms with Crippen LogP contribution < -0.4 is 9.47 Å². The van der Waals surface area contributed by atoms with Crippen LogP contribution in [-0.2, 0) is 9.53 Å². The molecule has 9 heteroatoms. The average Bonchev–Trinajstić information content (AvgIpc) is 3.05. The van der Waals surface area contributed by atoms with Gasteiger partial charge in [0, 0.05) is 6.07 Å². The predicted molar refractivity (Wildman–Crippen MR) is 118 cm³/mol. The summed E-state index contributed by atoms with van der Waals surface area (Å²) in [6.07, 6.45) is 1.56. The molecule has 1 aliphatic heterocycles. The zero-order chi connectivity index (χ0) is 22.5. The Kier molecular flexibility index (Phi) is 6.76. The summed E-state index contributed by atoms with van der Waals surface area (Å²) in [5.74, 6) is -0.559. The number of carbonyl (C=O) groups excluding carboxylic acids is 1. The molecule has 0 radical (unpaired) electrons. The van der Waals surface area contributed by atoms with Crippen molar-refractivity contribution < 1.29 is 34.3 Å². The average molecular weight is 443 g/mol. The zero-order valence-electron chi connectivity index (χ0n) is 17.1. The smallest absolute Gasteiger partial charge is 0.344 e. The molecule has 2 aromatic carbocycles. The Balaban J connectivity index is 2.08. The highest BCUT2D eigenvalue weighted by Gasteiger charge is 2.33. The number of thioether (sulfide) groups is 1. The van der Waals surface area contributed by atoms with Gasteiger partial charge >= 0.3 is 5.97 Å². The molecule has 2 aromatic rings. The number of aliphatic hydroxyl groups excluding tert-OH is 1. The molecule has 8 nitrogen and oxygen atoms in total. The summed E-state index contributed by atoms with van der Waals surface area (Å²) < 4.78 is 15.6. The van der Waals surface area contributed by atoms with Gasteiger partial charge < -0.3 is 29.5 Å². The summed E-state index contributed by atoms with van der Waals surface area (Å²) in [4.78, 5) is 17.4. The van der Waals surface area contributed by atoms with E-state index in [9.17, 15) is 20.1 Å². The van der Waals surface area contributed by atoms with Gasteiger partial charge in [-0.05, 0) is 42.8 Å². The first-order chi connectivity index (χ1) is 14.9. The van der Waals surface area contributed by atoms with E-state index >= 15 is 0 Å². The fourth-order valence-corrected chi connectivity index (χ4v) is 3.79. The van der Waals surface area contributed by atoms with Crippen LogP contribution in [0.3, 0.4) is 0 Å². The van der Waals surface area contributed by atoms with Gasteiger partial charge in [0.1, 0.15) is 33.6 Å². The van der Waals surface area contributed by atoms with Crippen LogP contribution >= 0.6 is 11.8 Å². The molecule has 0 spiro atoms. The molecule has 0 bridgehead atoms. The van der Waals surface area contributed by atoms with Crippen molar-refractivity contribution in [3.63, 3.8) is 0 Å². The van der Waals surface area contributed by atoms with Gasteiger partial charge in [-0.2, -0.15) is 0 Å². The van der Waals surface area contributed by atoms with Crippen LogP contribution in [0, 0.1) is 0 Å². The normalized spacial score (nSPS) is 16.1. The summed E-state index contributed by atoms with van der Waals surface area (Å²) in [7, 11) is 3.02. The van der Waals surface area contributed by atoms with Gasteiger partial charge in [-0.1, -0.05) is 17.8 Å². The van der Waals surface area contributed by atoms with Crippen LogP contribution in [0.25, 0.3) is 6.08 Å². The third kappa shape index (κ3) is 4.77. The number of aliphatic hydroxyl groups is 1. The maximum Gasteiger partial charge on any atom is 0.344 e. The molecule has 0 saturated carbocycles. The molecule has 0 aliphatic carbocycles. The summed E-state index contributed by atoms with van der Waals surface area (Å²) in [5, 5.41) is 30.2. The van der Waals surface area contributed by atoms with Crippen molar-refractivity contribution in [2.24, 2.45) is 4.99 Å². The molecule has 31 heavy (non-hydrogen) atoms. The number of carbonyl (C=O) groups is 1. The maximum absolute atomic E-state index is 12.5. The number of ether oxygens (including phenoxy) is 3. The number of rotatable bonds is 6. The van der Waals surface area contributed by atoms with Crippen molar-refractivity contribution in [3.8, 4) is 23.0 Å². The Morgan fingerprint density at radius 3 is 2.48 bits per heavy atom. The number of hydrogen-bond donors (Lipinski definition) is 3. The van der Waals surface area contributed by atoms with Gasteiger partial charge in [0.25, 0.3) is 0 Å². The SMILES string of the molecule is CCOC(=O)C1=C(O)/C(=C\c2ccc(O)c(O)c2)SC1=Nc1ccc(OC)cc1OC. The van der Waals surface area contributed by atoms with Crippen LogP contribution in [0.2, 0.25) is 0 Å². The van der Waals surface area contributed by atoms with Crippen molar-refractivity contribution in [3.05, 3.63) is 58.2 Å². The molecule has 0 aromatic heterocycles. The van der Waals surface area contributed by atoms with Crippen LogP contribution in [0.15, 0.2) is 57.6 Å². The number of methoxy groups -OCH3 is 2. The summed E-state index contributed by atoms with van der Waals surface area (Å²) in [6.45, 7) is 1.79. The maximum atomic E-state index is 12.5. The number of phenols is 2. The molecule has 0 amide bonds. The second kappa shape index (κ2) is 9.48. The molecular formula is C22H21NO7S. The van der Waals surface area contributed by atoms with Crippen molar-refractivity contribution >= 4 is 34.5 Å². The van der Waals surface area contributed by atoms with Gasteiger partial charge in [-0.25, -0.2) is 9.79 Å². The van der Waals surface area contributed by atoms with Crippen LogP contribution in [-0.4, -0.2) is 47.2 Å². The van der Waals surface area contributed by atoms with Crippen LogP contribution in [0.5, 0.6) is 23.0 Å². The van der Waals surface area contributed by atoms with Gasteiger partial charge in [0.15, 0.2) is 11.5 Å². The minimum Gasteiger partial charge on any atom is -0.506 e. The van der Waals surface area contributed by atoms with E-state index in [-0.39, 0.29) is 34.5 Å². The van der Waals surface area contributed by atoms with E-state index in [0.717, 1.165) is 11.8 Å². The number of hydrogen-bond acceptors (Lipinski definition) is 9. The van der Waals surface area contributed by atoms with Crippen molar-refractivity contribution in [2.45, 2.75) is 6.92 Å². The Hall–Kier alpha value is -3.59. The monoisotopic (exact) mass is 443 g/mol. The van der Waals surface area contributed by atoms with E-state index in [0.29, 0.717) is 27.7 Å². The molecule has 0 fully saturated rings. The van der Waals surface area contributed by atoms with Crippen molar-refractivity contribution in [1.82, 2.24) is 0 Å². The van der Waals surface area contributed by atoms with E-state index in [2.05, 4.69) is 4.99 Å². The lowest BCUT2D eigenvalue weighted by Crippen LogP contribution is -2.12. The first kappa shape index (κ1) is 22.1. The third-order valence-corrected chi connectivity index (χ3v) is 5.30. The number of aliphatic imine (C=N–C) groups is 1. The number of phenolic OH excluding ortho intramolecular Hbond substituents is 2. The molecule has 0 saturated heterocycles. The fourth-order valence-electron chi connectivity index (χ4n) is 2.76. The highest BCUT2D eigenvalue weighted by Crippen LogP contribution is 2.42. The predicted octanol–water partition coefficient (Wildman–Crippen LogP) is 4.31. The van der Waals surface area contributed by atoms with E-state index in [1.165, 1.54) is 26.4 Å². The lowest BCUT2D eigenvalue weighted by atomic mass is 10.1. The second-order valence-electron chi connectivity index (χ2n) is 6.26. The highest BCUT2D eigenvalue weighted by molar-refractivity contribution is 8.18. The molecule has 0 unspecified atom stereocenters. The molecule has 162 valence electrons.